The molecule has 2 N–H and O–H groups in total. The number of carbonyl (C=O) groups excluding carboxylic acids is 1. The van der Waals surface area contributed by atoms with E-state index in [1.165, 1.54) is 26.2 Å². The van der Waals surface area contributed by atoms with Crippen LogP contribution in [0.4, 0.5) is 11.4 Å². The molecule has 122 valence electrons. The third-order valence-electron chi connectivity index (χ3n) is 3.16. The summed E-state index contributed by atoms with van der Waals surface area (Å²) in [5.74, 6) is 0.333. The third-order valence-corrected chi connectivity index (χ3v) is 4.52. The van der Waals surface area contributed by atoms with Gasteiger partial charge in [0.2, 0.25) is 5.91 Å². The molecule has 0 saturated carbocycles. The first-order valence-corrected chi connectivity index (χ1v) is 8.36. The summed E-state index contributed by atoms with van der Waals surface area (Å²) in [4.78, 5) is 11.3. The second kappa shape index (κ2) is 6.70. The van der Waals surface area contributed by atoms with Crippen molar-refractivity contribution < 1.29 is 17.9 Å². The molecule has 0 atom stereocenters. The number of para-hydroxylation sites is 2. The molecule has 2 aromatic rings. The number of nitrogens with one attached hydrogen (secondary N) is 2. The molecule has 2 aromatic carbocycles. The number of carbonyl (C=O) groups is 1. The van der Waals surface area contributed by atoms with Crippen LogP contribution in [0.1, 0.15) is 12.5 Å². The highest BCUT2D eigenvalue weighted by Crippen LogP contribution is 2.26. The molecule has 0 fully saturated rings. The largest absolute Gasteiger partial charge is 0.496 e. The maximum atomic E-state index is 12.5. The summed E-state index contributed by atoms with van der Waals surface area (Å²) < 4.78 is 32.7. The van der Waals surface area contributed by atoms with Crippen LogP contribution in [0.5, 0.6) is 5.75 Å². The maximum absolute atomic E-state index is 12.5. The lowest BCUT2D eigenvalue weighted by molar-refractivity contribution is -0.114. The van der Waals surface area contributed by atoms with Crippen molar-refractivity contribution in [3.05, 3.63) is 48.0 Å². The first-order chi connectivity index (χ1) is 10.8. The van der Waals surface area contributed by atoms with Crippen molar-refractivity contribution in [2.45, 2.75) is 18.7 Å². The standard InChI is InChI=1S/C16H18N2O4S/c1-11-10-13(8-9-16(11)22-3)23(20,21)18-15-7-5-4-6-14(15)17-12(2)19/h4-10,18H,1-3H3,(H,17,19). The van der Waals surface area contributed by atoms with E-state index in [2.05, 4.69) is 10.0 Å². The van der Waals surface area contributed by atoms with Crippen molar-refractivity contribution in [3.8, 4) is 5.75 Å². The third kappa shape index (κ3) is 4.01. The number of methoxy groups -OCH3 is 1. The van der Waals surface area contributed by atoms with E-state index in [9.17, 15) is 13.2 Å². The Hall–Kier alpha value is -2.54. The molecule has 0 aliphatic heterocycles. The van der Waals surface area contributed by atoms with Crippen LogP contribution in [-0.4, -0.2) is 21.4 Å². The Morgan fingerprint density at radius 1 is 1.09 bits per heavy atom. The van der Waals surface area contributed by atoms with E-state index in [0.29, 0.717) is 22.7 Å². The van der Waals surface area contributed by atoms with Gasteiger partial charge >= 0.3 is 0 Å². The van der Waals surface area contributed by atoms with Gasteiger partial charge < -0.3 is 10.1 Å². The lowest BCUT2D eigenvalue weighted by Crippen LogP contribution is -2.16. The lowest BCUT2D eigenvalue weighted by atomic mass is 10.2. The Balaban J connectivity index is 2.35. The van der Waals surface area contributed by atoms with E-state index in [1.807, 2.05) is 0 Å². The van der Waals surface area contributed by atoms with Crippen LogP contribution in [-0.2, 0) is 14.8 Å². The monoisotopic (exact) mass is 334 g/mol. The van der Waals surface area contributed by atoms with Crippen LogP contribution in [0, 0.1) is 6.92 Å². The Labute approximate surface area is 135 Å². The van der Waals surface area contributed by atoms with Crippen molar-refractivity contribution >= 4 is 27.3 Å². The number of amides is 1. The van der Waals surface area contributed by atoms with Gasteiger partial charge in [-0.2, -0.15) is 0 Å². The predicted octanol–water partition coefficient (Wildman–Crippen LogP) is 2.76. The molecule has 0 unspecified atom stereocenters. The molecule has 0 bridgehead atoms. The van der Waals surface area contributed by atoms with Crippen LogP contribution in [0.25, 0.3) is 0 Å². The minimum atomic E-state index is -3.78. The van der Waals surface area contributed by atoms with Crippen LogP contribution in [0.15, 0.2) is 47.4 Å². The van der Waals surface area contributed by atoms with E-state index in [4.69, 9.17) is 4.74 Å². The topological polar surface area (TPSA) is 84.5 Å². The average molecular weight is 334 g/mol. The molecule has 0 spiro atoms. The minimum Gasteiger partial charge on any atom is -0.496 e. The minimum absolute atomic E-state index is 0.119. The molecular weight excluding hydrogens is 316 g/mol. The molecule has 0 aliphatic rings. The van der Waals surface area contributed by atoms with Crippen LogP contribution in [0.2, 0.25) is 0 Å². The first-order valence-electron chi connectivity index (χ1n) is 6.87. The summed E-state index contributed by atoms with van der Waals surface area (Å²) in [7, 11) is -2.25. The fourth-order valence-electron chi connectivity index (χ4n) is 2.09. The zero-order valence-electron chi connectivity index (χ0n) is 13.1. The molecular formula is C16H18N2O4S. The zero-order chi connectivity index (χ0) is 17.0. The number of sulfonamides is 1. The fraction of sp³-hybridized carbons (Fsp3) is 0.188. The van der Waals surface area contributed by atoms with Gasteiger partial charge in [0, 0.05) is 6.92 Å². The van der Waals surface area contributed by atoms with Crippen molar-refractivity contribution in [2.24, 2.45) is 0 Å². The maximum Gasteiger partial charge on any atom is 0.261 e. The van der Waals surface area contributed by atoms with Crippen molar-refractivity contribution in [1.29, 1.82) is 0 Å². The molecule has 0 saturated heterocycles. The van der Waals surface area contributed by atoms with Crippen molar-refractivity contribution in [2.75, 3.05) is 17.1 Å². The van der Waals surface area contributed by atoms with Gasteiger partial charge in [0.05, 0.1) is 23.4 Å². The van der Waals surface area contributed by atoms with Crippen molar-refractivity contribution in [1.82, 2.24) is 0 Å². The molecule has 0 aliphatic carbocycles. The number of ether oxygens (including phenoxy) is 1. The van der Waals surface area contributed by atoms with Crippen LogP contribution in [0.3, 0.4) is 0 Å². The number of rotatable bonds is 5. The summed E-state index contributed by atoms with van der Waals surface area (Å²) in [6.45, 7) is 3.13. The molecule has 2 rings (SSSR count). The Bertz CT molecular complexity index is 832. The Morgan fingerprint density at radius 3 is 2.30 bits per heavy atom. The fourth-order valence-corrected chi connectivity index (χ4v) is 3.26. The molecule has 1 amide bonds. The van der Waals surface area contributed by atoms with Gasteiger partial charge in [-0.15, -0.1) is 0 Å². The van der Waals surface area contributed by atoms with Crippen LogP contribution >= 0.6 is 0 Å². The van der Waals surface area contributed by atoms with E-state index in [-0.39, 0.29) is 10.8 Å². The number of hydrogen-bond acceptors (Lipinski definition) is 4. The second-order valence-electron chi connectivity index (χ2n) is 4.96. The van der Waals surface area contributed by atoms with Gasteiger partial charge in [0.25, 0.3) is 10.0 Å². The summed E-state index contributed by atoms with van der Waals surface area (Å²) in [6.07, 6.45) is 0. The van der Waals surface area contributed by atoms with Gasteiger partial charge in [-0.05, 0) is 42.8 Å². The second-order valence-corrected chi connectivity index (χ2v) is 6.65. The normalized spacial score (nSPS) is 10.9. The smallest absolute Gasteiger partial charge is 0.261 e. The van der Waals surface area contributed by atoms with E-state index >= 15 is 0 Å². The quantitative estimate of drug-likeness (QED) is 0.880. The number of hydrogen-bond donors (Lipinski definition) is 2. The average Bonchev–Trinajstić information content (AvgIpc) is 2.48. The van der Waals surface area contributed by atoms with E-state index < -0.39 is 10.0 Å². The van der Waals surface area contributed by atoms with Crippen molar-refractivity contribution in [3.63, 3.8) is 0 Å². The molecule has 23 heavy (non-hydrogen) atoms. The highest BCUT2D eigenvalue weighted by Gasteiger charge is 2.17. The molecule has 0 aromatic heterocycles. The predicted molar refractivity (Wildman–Crippen MR) is 89.3 cm³/mol. The van der Waals surface area contributed by atoms with Gasteiger partial charge in [-0.3, -0.25) is 9.52 Å². The lowest BCUT2D eigenvalue weighted by Gasteiger charge is -2.13. The van der Waals surface area contributed by atoms with Gasteiger partial charge in [0.1, 0.15) is 5.75 Å². The van der Waals surface area contributed by atoms with E-state index in [0.717, 1.165) is 0 Å². The van der Waals surface area contributed by atoms with E-state index in [1.54, 1.807) is 37.3 Å². The van der Waals surface area contributed by atoms with Gasteiger partial charge in [-0.1, -0.05) is 12.1 Å². The summed E-state index contributed by atoms with van der Waals surface area (Å²) >= 11 is 0. The molecule has 7 heteroatoms. The Kier molecular flexibility index (Phi) is 4.90. The van der Waals surface area contributed by atoms with Gasteiger partial charge in [0.15, 0.2) is 0 Å². The highest BCUT2D eigenvalue weighted by atomic mass is 32.2. The number of anilines is 2. The summed E-state index contributed by atoms with van der Waals surface area (Å²) in [5, 5.41) is 2.59. The van der Waals surface area contributed by atoms with Crippen LogP contribution < -0.4 is 14.8 Å². The highest BCUT2D eigenvalue weighted by molar-refractivity contribution is 7.92. The zero-order valence-corrected chi connectivity index (χ0v) is 13.9. The molecule has 0 radical (unpaired) electrons. The summed E-state index contributed by atoms with van der Waals surface area (Å²) in [5.41, 5.74) is 1.41. The summed E-state index contributed by atoms with van der Waals surface area (Å²) in [6, 6.07) is 11.2. The van der Waals surface area contributed by atoms with Gasteiger partial charge in [-0.25, -0.2) is 8.42 Å². The first kappa shape index (κ1) is 16.8. The number of aryl methyl sites for hydroxylation is 1. The number of benzene rings is 2. The SMILES string of the molecule is COc1ccc(S(=O)(=O)Nc2ccccc2NC(C)=O)cc1C. The molecule has 6 nitrogen and oxygen atoms in total. The Morgan fingerprint density at radius 2 is 1.74 bits per heavy atom. The molecule has 0 heterocycles.